The monoisotopic (exact) mass is 370 g/mol. The summed E-state index contributed by atoms with van der Waals surface area (Å²) in [7, 11) is 1.72. The number of aryl methyl sites for hydroxylation is 1. The van der Waals surface area contributed by atoms with Crippen LogP contribution < -0.4 is 5.32 Å². The third-order valence-electron chi connectivity index (χ3n) is 5.17. The zero-order chi connectivity index (χ0) is 19.2. The molecular weight excluding hydrogens is 343 g/mol. The summed E-state index contributed by atoms with van der Waals surface area (Å²) in [5, 5.41) is 3.05. The average molecular weight is 370 g/mol. The minimum absolute atomic E-state index is 0.0822. The van der Waals surface area contributed by atoms with Crippen molar-refractivity contribution < 1.29 is 13.9 Å². The second-order valence-electron chi connectivity index (χ2n) is 7.20. The fourth-order valence-electron chi connectivity index (χ4n) is 3.58. The predicted molar refractivity (Wildman–Crippen MR) is 105 cm³/mol. The van der Waals surface area contributed by atoms with E-state index in [2.05, 4.69) is 10.2 Å². The zero-order valence-corrected chi connectivity index (χ0v) is 16.0. The molecule has 2 aromatic rings. The normalized spacial score (nSPS) is 17.2. The van der Waals surface area contributed by atoms with Crippen LogP contribution in [0.2, 0.25) is 0 Å². The van der Waals surface area contributed by atoms with Crippen LogP contribution in [0.4, 0.5) is 4.39 Å². The quantitative estimate of drug-likeness (QED) is 0.811. The number of hydrogen-bond donors (Lipinski definition) is 1. The maximum Gasteiger partial charge on any atom is 0.251 e. The van der Waals surface area contributed by atoms with Crippen LogP contribution in [-0.4, -0.2) is 50.7 Å². The number of halogens is 1. The third kappa shape index (κ3) is 5.15. The minimum Gasteiger partial charge on any atom is -0.383 e. The minimum atomic E-state index is -0.273. The molecule has 0 aliphatic carbocycles. The van der Waals surface area contributed by atoms with Gasteiger partial charge >= 0.3 is 0 Å². The highest BCUT2D eigenvalue weighted by Crippen LogP contribution is 2.25. The van der Waals surface area contributed by atoms with Crippen LogP contribution in [0.5, 0.6) is 0 Å². The van der Waals surface area contributed by atoms with Gasteiger partial charge in [-0.05, 0) is 66.8 Å². The molecule has 0 radical (unpaired) electrons. The van der Waals surface area contributed by atoms with Gasteiger partial charge in [-0.25, -0.2) is 4.39 Å². The fraction of sp³-hybridized carbons (Fsp3) is 0.409. The molecule has 1 fully saturated rings. The summed E-state index contributed by atoms with van der Waals surface area (Å²) in [5.41, 5.74) is 3.25. The summed E-state index contributed by atoms with van der Waals surface area (Å²) in [6.45, 7) is 6.34. The van der Waals surface area contributed by atoms with Crippen molar-refractivity contribution in [2.45, 2.75) is 13.3 Å². The van der Waals surface area contributed by atoms with Crippen molar-refractivity contribution in [1.29, 1.82) is 0 Å². The van der Waals surface area contributed by atoms with E-state index < -0.39 is 0 Å². The summed E-state index contributed by atoms with van der Waals surface area (Å²) in [5.74, 6) is 0.116. The fourth-order valence-corrected chi connectivity index (χ4v) is 3.58. The molecular formula is C22H27FN2O2. The first-order valence-corrected chi connectivity index (χ1v) is 9.43. The van der Waals surface area contributed by atoms with Crippen molar-refractivity contribution in [3.05, 3.63) is 59.4 Å². The molecule has 0 saturated carbocycles. The van der Waals surface area contributed by atoms with E-state index in [1.165, 1.54) is 12.1 Å². The maximum atomic E-state index is 13.6. The first-order chi connectivity index (χ1) is 13.1. The maximum absolute atomic E-state index is 13.6. The summed E-state index contributed by atoms with van der Waals surface area (Å²) < 4.78 is 18.7. The Kier molecular flexibility index (Phi) is 6.58. The van der Waals surface area contributed by atoms with Gasteiger partial charge in [0.1, 0.15) is 5.82 Å². The number of carbonyl (C=O) groups excluding carboxylic acids is 1. The van der Waals surface area contributed by atoms with E-state index in [4.69, 9.17) is 4.74 Å². The van der Waals surface area contributed by atoms with Crippen LogP contribution in [0.15, 0.2) is 42.5 Å². The van der Waals surface area contributed by atoms with Crippen LogP contribution in [0, 0.1) is 18.7 Å². The summed E-state index contributed by atoms with van der Waals surface area (Å²) in [6, 6.07) is 12.1. The highest BCUT2D eigenvalue weighted by atomic mass is 19.1. The van der Waals surface area contributed by atoms with Gasteiger partial charge in [-0.15, -0.1) is 0 Å². The molecule has 4 nitrogen and oxygen atoms in total. The van der Waals surface area contributed by atoms with Crippen molar-refractivity contribution in [3.63, 3.8) is 0 Å². The number of amides is 1. The van der Waals surface area contributed by atoms with Gasteiger partial charge in [0.25, 0.3) is 5.91 Å². The molecule has 5 heteroatoms. The van der Waals surface area contributed by atoms with Gasteiger partial charge in [0.2, 0.25) is 0 Å². The second kappa shape index (κ2) is 9.11. The van der Waals surface area contributed by atoms with E-state index in [-0.39, 0.29) is 11.7 Å². The van der Waals surface area contributed by atoms with Crippen molar-refractivity contribution in [2.75, 3.05) is 39.9 Å². The average Bonchev–Trinajstić information content (AvgIpc) is 3.14. The standard InChI is InChI=1S/C22H27FN2O2/c1-16-6-7-20(23)13-21(16)18-4-3-5-19(12-18)22(26)24-14-17-8-9-25(15-17)10-11-27-2/h3-7,12-13,17H,8-11,14-15H2,1-2H3,(H,24,26)/t17-/m0/s1. The lowest BCUT2D eigenvalue weighted by Gasteiger charge is -2.15. The Balaban J connectivity index is 1.60. The highest BCUT2D eigenvalue weighted by molar-refractivity contribution is 5.95. The highest BCUT2D eigenvalue weighted by Gasteiger charge is 2.22. The Morgan fingerprint density at radius 1 is 1.30 bits per heavy atom. The number of methoxy groups -OCH3 is 1. The SMILES string of the molecule is COCCN1CC[C@@H](CNC(=O)c2cccc(-c3cc(F)ccc3C)c2)C1. The molecule has 1 heterocycles. The van der Waals surface area contributed by atoms with Crippen molar-refractivity contribution in [3.8, 4) is 11.1 Å². The molecule has 0 spiro atoms. The molecule has 1 atom stereocenters. The molecule has 1 aliphatic rings. The summed E-state index contributed by atoms with van der Waals surface area (Å²) in [6.07, 6.45) is 1.09. The van der Waals surface area contributed by atoms with Gasteiger partial charge < -0.3 is 15.0 Å². The van der Waals surface area contributed by atoms with E-state index >= 15 is 0 Å². The summed E-state index contributed by atoms with van der Waals surface area (Å²) >= 11 is 0. The number of carbonyl (C=O) groups is 1. The largest absolute Gasteiger partial charge is 0.383 e. The molecule has 0 aromatic heterocycles. The molecule has 3 rings (SSSR count). The lowest BCUT2D eigenvalue weighted by molar-refractivity contribution is 0.0946. The van der Waals surface area contributed by atoms with Gasteiger partial charge in [-0.1, -0.05) is 18.2 Å². The number of likely N-dealkylation sites (tertiary alicyclic amines) is 1. The molecule has 0 unspecified atom stereocenters. The molecule has 1 aliphatic heterocycles. The first kappa shape index (κ1) is 19.5. The number of ether oxygens (including phenoxy) is 1. The smallest absolute Gasteiger partial charge is 0.251 e. The lowest BCUT2D eigenvalue weighted by atomic mass is 9.98. The zero-order valence-electron chi connectivity index (χ0n) is 16.0. The van der Waals surface area contributed by atoms with E-state index in [1.807, 2.05) is 25.1 Å². The van der Waals surface area contributed by atoms with E-state index in [0.717, 1.165) is 49.4 Å². The van der Waals surface area contributed by atoms with Crippen LogP contribution in [0.3, 0.4) is 0 Å². The Morgan fingerprint density at radius 2 is 2.15 bits per heavy atom. The summed E-state index contributed by atoms with van der Waals surface area (Å²) in [4.78, 5) is 14.9. The van der Waals surface area contributed by atoms with E-state index in [9.17, 15) is 9.18 Å². The number of benzene rings is 2. The van der Waals surface area contributed by atoms with Crippen LogP contribution in [0.25, 0.3) is 11.1 Å². The van der Waals surface area contributed by atoms with E-state index in [0.29, 0.717) is 18.0 Å². The van der Waals surface area contributed by atoms with Crippen LogP contribution >= 0.6 is 0 Å². The van der Waals surface area contributed by atoms with E-state index in [1.54, 1.807) is 19.2 Å². The van der Waals surface area contributed by atoms with Gasteiger partial charge in [0, 0.05) is 32.3 Å². The Morgan fingerprint density at radius 3 is 2.96 bits per heavy atom. The van der Waals surface area contributed by atoms with Crippen molar-refractivity contribution >= 4 is 5.91 Å². The van der Waals surface area contributed by atoms with Gasteiger partial charge in [-0.2, -0.15) is 0 Å². The molecule has 27 heavy (non-hydrogen) atoms. The Labute approximate surface area is 160 Å². The Hall–Kier alpha value is -2.24. The number of nitrogens with one attached hydrogen (secondary N) is 1. The molecule has 1 amide bonds. The van der Waals surface area contributed by atoms with Gasteiger partial charge in [0.05, 0.1) is 6.61 Å². The van der Waals surface area contributed by atoms with Gasteiger partial charge in [0.15, 0.2) is 0 Å². The number of rotatable bonds is 7. The van der Waals surface area contributed by atoms with Crippen LogP contribution in [0.1, 0.15) is 22.3 Å². The molecule has 1 saturated heterocycles. The predicted octanol–water partition coefficient (Wildman–Crippen LogP) is 3.50. The van der Waals surface area contributed by atoms with Gasteiger partial charge in [-0.3, -0.25) is 4.79 Å². The third-order valence-corrected chi connectivity index (χ3v) is 5.17. The lowest BCUT2D eigenvalue weighted by Crippen LogP contribution is -2.31. The second-order valence-corrected chi connectivity index (χ2v) is 7.20. The van der Waals surface area contributed by atoms with Crippen molar-refractivity contribution in [1.82, 2.24) is 10.2 Å². The van der Waals surface area contributed by atoms with Crippen molar-refractivity contribution in [2.24, 2.45) is 5.92 Å². The molecule has 1 N–H and O–H groups in total. The topological polar surface area (TPSA) is 41.6 Å². The molecule has 0 bridgehead atoms. The Bertz CT molecular complexity index is 794. The number of hydrogen-bond acceptors (Lipinski definition) is 3. The number of nitrogens with zero attached hydrogens (tertiary/aromatic N) is 1. The molecule has 2 aromatic carbocycles. The first-order valence-electron chi connectivity index (χ1n) is 9.43. The molecule has 144 valence electrons. The van der Waals surface area contributed by atoms with Crippen LogP contribution in [-0.2, 0) is 4.74 Å².